The lowest BCUT2D eigenvalue weighted by atomic mass is 9.79. The number of nitrogens with one attached hydrogen (secondary N) is 2. The summed E-state index contributed by atoms with van der Waals surface area (Å²) in [7, 11) is -4.22. The van der Waals surface area contributed by atoms with Crippen molar-refractivity contribution in [3.63, 3.8) is 0 Å². The van der Waals surface area contributed by atoms with Gasteiger partial charge < -0.3 is 35.6 Å². The lowest BCUT2D eigenvalue weighted by Gasteiger charge is -2.37. The van der Waals surface area contributed by atoms with E-state index in [2.05, 4.69) is 10.6 Å². The smallest absolute Gasteiger partial charge is 0.423 e. The van der Waals surface area contributed by atoms with Gasteiger partial charge in [0.2, 0.25) is 5.91 Å². The molecule has 2 unspecified atom stereocenters. The van der Waals surface area contributed by atoms with Crippen molar-refractivity contribution in [1.82, 2.24) is 15.5 Å². The number of halogens is 2. The number of carbonyl (C=O) groups is 3. The minimum Gasteiger partial charge on any atom is -0.423 e. The topological polar surface area (TPSA) is 159 Å². The summed E-state index contributed by atoms with van der Waals surface area (Å²) >= 11 is 0. The largest absolute Gasteiger partial charge is 0.491 e. The molecule has 1 aliphatic rings. The van der Waals surface area contributed by atoms with E-state index in [0.717, 1.165) is 24.3 Å². The maximum atomic E-state index is 14.0. The quantitative estimate of drug-likeness (QED) is 0.218. The fraction of sp³-hybridized carbons (Fsp3) is 0.375. The third kappa shape index (κ3) is 7.16. The van der Waals surface area contributed by atoms with Gasteiger partial charge in [-0.3, -0.25) is 14.4 Å². The molecule has 0 aromatic heterocycles. The van der Waals surface area contributed by atoms with Gasteiger partial charge in [-0.2, -0.15) is 0 Å². The van der Waals surface area contributed by atoms with E-state index in [1.807, 2.05) is 0 Å². The predicted molar refractivity (Wildman–Crippen MR) is 136 cm³/mol. The third-order valence-corrected chi connectivity index (χ3v) is 6.43. The molecule has 1 fully saturated rings. The van der Waals surface area contributed by atoms with Gasteiger partial charge in [-0.1, -0.05) is 0 Å². The minimum absolute atomic E-state index is 0.0216. The molecule has 0 saturated heterocycles. The number of likely N-dealkylation sites (N-methyl/N-ethyl adjacent to an activating group) is 1. The zero-order valence-corrected chi connectivity index (χ0v) is 20.7. The van der Waals surface area contributed by atoms with Crippen LogP contribution in [0.15, 0.2) is 36.4 Å². The van der Waals surface area contributed by atoms with Crippen LogP contribution in [-0.4, -0.2) is 82.1 Å². The summed E-state index contributed by atoms with van der Waals surface area (Å²) in [6.07, 6.45) is 1.97. The van der Waals surface area contributed by atoms with Crippen molar-refractivity contribution in [3.8, 4) is 0 Å². The molecule has 1 saturated carbocycles. The van der Waals surface area contributed by atoms with E-state index in [-0.39, 0.29) is 24.1 Å². The van der Waals surface area contributed by atoms with Crippen molar-refractivity contribution in [2.75, 3.05) is 13.1 Å². The molecule has 3 rings (SSSR count). The van der Waals surface area contributed by atoms with E-state index < -0.39 is 66.6 Å². The molecule has 10 nitrogen and oxygen atoms in total. The van der Waals surface area contributed by atoms with Crippen molar-refractivity contribution in [2.45, 2.75) is 44.7 Å². The van der Waals surface area contributed by atoms with Crippen molar-refractivity contribution in [1.29, 1.82) is 0 Å². The van der Waals surface area contributed by atoms with Crippen molar-refractivity contribution >= 4 is 42.9 Å². The molecule has 0 spiro atoms. The summed E-state index contributed by atoms with van der Waals surface area (Å²) in [5.74, 6) is -3.37. The lowest BCUT2D eigenvalue weighted by Crippen LogP contribution is -2.51. The first-order valence-electron chi connectivity index (χ1n) is 12.2. The molecular weight excluding hydrogens is 502 g/mol. The van der Waals surface area contributed by atoms with Crippen LogP contribution in [0.25, 0.3) is 0 Å². The van der Waals surface area contributed by atoms with Crippen LogP contribution in [0, 0.1) is 11.6 Å². The molecule has 0 radical (unpaired) electrons. The van der Waals surface area contributed by atoms with Crippen LogP contribution < -0.4 is 21.6 Å². The standard InChI is InChI=1S/C24H29B2F2N3O7/c1-2-29-22(32)13-31(24(34)15-7-9-21(28)19(11-15)26(37)38)17-5-3-4-16(12-17)30-23(33)14-6-8-20(27)18(10-14)25(35)36/h6-11,16-17,35-38H,2-5,12-13H2,1H3,(H,29,32)(H,30,33). The van der Waals surface area contributed by atoms with Gasteiger partial charge in [0.05, 0.1) is 0 Å². The summed E-state index contributed by atoms with van der Waals surface area (Å²) in [4.78, 5) is 40.0. The Morgan fingerprint density at radius 2 is 1.53 bits per heavy atom. The van der Waals surface area contributed by atoms with E-state index in [1.165, 1.54) is 17.0 Å². The van der Waals surface area contributed by atoms with Crippen LogP contribution in [0.3, 0.4) is 0 Å². The molecular formula is C24H29B2F2N3O7. The van der Waals surface area contributed by atoms with Crippen LogP contribution in [0.2, 0.25) is 0 Å². The second kappa shape index (κ2) is 13.0. The molecule has 0 aliphatic heterocycles. The minimum atomic E-state index is -2.13. The number of nitrogens with zero attached hydrogens (tertiary/aromatic N) is 1. The highest BCUT2D eigenvalue weighted by molar-refractivity contribution is 6.59. The highest BCUT2D eigenvalue weighted by Gasteiger charge is 2.33. The van der Waals surface area contributed by atoms with Gasteiger partial charge in [-0.25, -0.2) is 8.78 Å². The summed E-state index contributed by atoms with van der Waals surface area (Å²) in [6.45, 7) is 1.76. The normalized spacial score (nSPS) is 16.9. The Morgan fingerprint density at radius 3 is 2.11 bits per heavy atom. The van der Waals surface area contributed by atoms with Crippen LogP contribution >= 0.6 is 0 Å². The van der Waals surface area contributed by atoms with E-state index in [4.69, 9.17) is 0 Å². The van der Waals surface area contributed by atoms with Gasteiger partial charge >= 0.3 is 14.2 Å². The monoisotopic (exact) mass is 531 g/mol. The molecule has 14 heteroatoms. The predicted octanol–water partition coefficient (Wildman–Crippen LogP) is -1.36. The number of hydrogen-bond donors (Lipinski definition) is 6. The van der Waals surface area contributed by atoms with Crippen molar-refractivity contribution in [2.24, 2.45) is 0 Å². The van der Waals surface area contributed by atoms with E-state index >= 15 is 0 Å². The molecule has 2 aromatic rings. The van der Waals surface area contributed by atoms with Gasteiger partial charge in [0.15, 0.2) is 0 Å². The number of hydrogen-bond acceptors (Lipinski definition) is 7. The SMILES string of the molecule is CCNC(=O)CN(C(=O)c1ccc(F)c(B(O)O)c1)C1CCCC(NC(=O)c2ccc(F)c(B(O)O)c2)C1. The molecule has 202 valence electrons. The van der Waals surface area contributed by atoms with Gasteiger partial charge in [-0.05, 0) is 69.0 Å². The Hall–Kier alpha value is -3.32. The Morgan fingerprint density at radius 1 is 0.947 bits per heavy atom. The van der Waals surface area contributed by atoms with E-state index in [0.29, 0.717) is 25.8 Å². The highest BCUT2D eigenvalue weighted by atomic mass is 19.1. The average Bonchev–Trinajstić information content (AvgIpc) is 2.87. The number of amides is 3. The fourth-order valence-electron chi connectivity index (χ4n) is 4.54. The van der Waals surface area contributed by atoms with Gasteiger partial charge in [0, 0.05) is 40.7 Å². The van der Waals surface area contributed by atoms with Gasteiger partial charge in [0.25, 0.3) is 11.8 Å². The molecule has 0 heterocycles. The Balaban J connectivity index is 1.81. The van der Waals surface area contributed by atoms with Crippen LogP contribution in [0.5, 0.6) is 0 Å². The van der Waals surface area contributed by atoms with E-state index in [9.17, 15) is 43.3 Å². The first-order valence-corrected chi connectivity index (χ1v) is 12.2. The van der Waals surface area contributed by atoms with Crippen LogP contribution in [-0.2, 0) is 4.79 Å². The molecule has 2 aromatic carbocycles. The molecule has 0 bridgehead atoms. The second-order valence-corrected chi connectivity index (χ2v) is 9.10. The Labute approximate surface area is 218 Å². The zero-order valence-electron chi connectivity index (χ0n) is 20.7. The maximum absolute atomic E-state index is 14.0. The molecule has 6 N–H and O–H groups in total. The van der Waals surface area contributed by atoms with Crippen LogP contribution in [0.1, 0.15) is 53.3 Å². The Kier molecular flexibility index (Phi) is 9.97. The first-order chi connectivity index (χ1) is 18.0. The van der Waals surface area contributed by atoms with Gasteiger partial charge in [0.1, 0.15) is 18.2 Å². The summed E-state index contributed by atoms with van der Waals surface area (Å²) in [5.41, 5.74) is -0.932. The van der Waals surface area contributed by atoms with Gasteiger partial charge in [-0.15, -0.1) is 0 Å². The molecule has 1 aliphatic carbocycles. The number of carbonyl (C=O) groups excluding carboxylic acids is 3. The maximum Gasteiger partial charge on any atom is 0.491 e. The molecule has 38 heavy (non-hydrogen) atoms. The fourth-order valence-corrected chi connectivity index (χ4v) is 4.54. The number of rotatable bonds is 9. The zero-order chi connectivity index (χ0) is 28.0. The summed E-state index contributed by atoms with van der Waals surface area (Å²) in [6, 6.07) is 5.47. The van der Waals surface area contributed by atoms with Crippen molar-refractivity contribution < 1.29 is 43.3 Å². The summed E-state index contributed by atoms with van der Waals surface area (Å²) in [5, 5.41) is 42.9. The first kappa shape index (κ1) is 29.2. The Bertz CT molecular complexity index is 1190. The van der Waals surface area contributed by atoms with E-state index in [1.54, 1.807) is 6.92 Å². The highest BCUT2D eigenvalue weighted by Crippen LogP contribution is 2.25. The van der Waals surface area contributed by atoms with Crippen molar-refractivity contribution in [3.05, 3.63) is 59.2 Å². The lowest BCUT2D eigenvalue weighted by molar-refractivity contribution is -0.122. The molecule has 2 atom stereocenters. The number of benzene rings is 2. The second-order valence-electron chi connectivity index (χ2n) is 9.10. The average molecular weight is 531 g/mol. The molecule has 3 amide bonds. The van der Waals surface area contributed by atoms with Crippen LogP contribution in [0.4, 0.5) is 8.78 Å². The summed E-state index contributed by atoms with van der Waals surface area (Å²) < 4.78 is 27.7. The third-order valence-electron chi connectivity index (χ3n) is 6.43.